The van der Waals surface area contributed by atoms with Crippen LogP contribution in [-0.4, -0.2) is 0 Å². The van der Waals surface area contributed by atoms with E-state index in [4.69, 9.17) is 0 Å². The van der Waals surface area contributed by atoms with Crippen LogP contribution in [-0.2, 0) is 0 Å². The molecular weight excluding hydrogens is 228 g/mol. The lowest BCUT2D eigenvalue weighted by atomic mass is 10.1. The van der Waals surface area contributed by atoms with E-state index in [1.54, 1.807) is 6.08 Å². The predicted octanol–water partition coefficient (Wildman–Crippen LogP) is 6.33. The fraction of sp³-hybridized carbons (Fsp3) is 0.368. The molecule has 0 nitrogen and oxygen atoms in total. The Balaban J connectivity index is 0. The molecule has 0 heterocycles. The number of hydrogen-bond donors (Lipinski definition) is 0. The van der Waals surface area contributed by atoms with E-state index in [-0.39, 0.29) is 0 Å². The quantitative estimate of drug-likeness (QED) is 0.543. The molecule has 1 aromatic carbocycles. The molecule has 0 radical (unpaired) electrons. The number of rotatable bonds is 2. The summed E-state index contributed by atoms with van der Waals surface area (Å²) in [6.45, 7) is 18.0. The molecule has 0 saturated carbocycles. The van der Waals surface area contributed by atoms with Crippen molar-refractivity contribution in [3.05, 3.63) is 71.3 Å². The van der Waals surface area contributed by atoms with Gasteiger partial charge in [-0.3, -0.25) is 0 Å². The maximum absolute atomic E-state index is 3.57. The molecule has 1 aromatic rings. The second kappa shape index (κ2) is 12.9. The van der Waals surface area contributed by atoms with Crippen LogP contribution in [0.4, 0.5) is 0 Å². The zero-order valence-electron chi connectivity index (χ0n) is 13.7. The summed E-state index contributed by atoms with van der Waals surface area (Å²) >= 11 is 0. The molecule has 0 fully saturated rings. The topological polar surface area (TPSA) is 0 Å². The van der Waals surface area contributed by atoms with Crippen LogP contribution in [0.5, 0.6) is 0 Å². The minimum absolute atomic E-state index is 1.24. The van der Waals surface area contributed by atoms with E-state index in [0.717, 1.165) is 0 Å². The summed E-state index contributed by atoms with van der Waals surface area (Å²) in [6, 6.07) is 6.50. The highest BCUT2D eigenvalue weighted by atomic mass is 13.9. The molecule has 0 heteroatoms. The van der Waals surface area contributed by atoms with E-state index in [9.17, 15) is 0 Å². The standard InChI is InChI=1S/C9H12.C8H12.C2H6/c1-7-4-5-8(2)9(3)6-7;1-4-6-8(3)7-5-2;1-2/h4-6H,1-3H3;4-7H,1H2,2-3H3;1-2H3/b;7-5-,8-6-;. The molecule has 106 valence electrons. The van der Waals surface area contributed by atoms with Crippen LogP contribution in [0.3, 0.4) is 0 Å². The summed E-state index contributed by atoms with van der Waals surface area (Å²) in [5.74, 6) is 0. The van der Waals surface area contributed by atoms with Crippen molar-refractivity contribution in [2.24, 2.45) is 0 Å². The third kappa shape index (κ3) is 11.3. The third-order valence-corrected chi connectivity index (χ3v) is 2.47. The van der Waals surface area contributed by atoms with Crippen LogP contribution < -0.4 is 0 Å². The Labute approximate surface area is 120 Å². The number of allylic oxidation sites excluding steroid dienone is 5. The summed E-state index contributed by atoms with van der Waals surface area (Å²) < 4.78 is 0. The first-order valence-corrected chi connectivity index (χ1v) is 6.97. The van der Waals surface area contributed by atoms with Crippen LogP contribution in [0, 0.1) is 20.8 Å². The molecule has 0 aromatic heterocycles. The molecule has 0 aliphatic rings. The lowest BCUT2D eigenvalue weighted by molar-refractivity contribution is 1.30. The second-order valence-electron chi connectivity index (χ2n) is 4.23. The van der Waals surface area contributed by atoms with Gasteiger partial charge in [-0.25, -0.2) is 0 Å². The Bertz CT molecular complexity index is 406. The molecule has 0 aliphatic heterocycles. The monoisotopic (exact) mass is 258 g/mol. The van der Waals surface area contributed by atoms with E-state index in [0.29, 0.717) is 0 Å². The highest BCUT2D eigenvalue weighted by Crippen LogP contribution is 2.07. The van der Waals surface area contributed by atoms with Gasteiger partial charge in [0.25, 0.3) is 0 Å². The van der Waals surface area contributed by atoms with Gasteiger partial charge in [0.15, 0.2) is 0 Å². The van der Waals surface area contributed by atoms with Gasteiger partial charge in [-0.15, -0.1) is 0 Å². The zero-order chi connectivity index (χ0) is 15.3. The van der Waals surface area contributed by atoms with Gasteiger partial charge in [-0.1, -0.05) is 74.1 Å². The zero-order valence-corrected chi connectivity index (χ0v) is 13.7. The maximum Gasteiger partial charge on any atom is -0.0395 e. The Morgan fingerprint density at radius 1 is 1.05 bits per heavy atom. The molecule has 0 aliphatic carbocycles. The van der Waals surface area contributed by atoms with Crippen LogP contribution in [0.2, 0.25) is 0 Å². The van der Waals surface area contributed by atoms with Gasteiger partial charge < -0.3 is 0 Å². The first kappa shape index (κ1) is 19.8. The van der Waals surface area contributed by atoms with E-state index in [2.05, 4.69) is 45.5 Å². The smallest absolute Gasteiger partial charge is 0.0395 e. The third-order valence-electron chi connectivity index (χ3n) is 2.47. The lowest BCUT2D eigenvalue weighted by Crippen LogP contribution is -1.79. The van der Waals surface area contributed by atoms with Gasteiger partial charge >= 0.3 is 0 Å². The van der Waals surface area contributed by atoms with Gasteiger partial charge in [0.1, 0.15) is 0 Å². The van der Waals surface area contributed by atoms with Crippen molar-refractivity contribution >= 4 is 0 Å². The summed E-state index contributed by atoms with van der Waals surface area (Å²) in [5, 5.41) is 0. The van der Waals surface area contributed by atoms with Crippen molar-refractivity contribution in [2.75, 3.05) is 0 Å². The molecule has 1 rings (SSSR count). The molecule has 19 heavy (non-hydrogen) atoms. The molecular formula is C19H30. The largest absolute Gasteiger partial charge is 0.0991 e. The maximum atomic E-state index is 3.57. The first-order chi connectivity index (χ1) is 9.01. The van der Waals surface area contributed by atoms with Crippen molar-refractivity contribution in [3.63, 3.8) is 0 Å². The molecule has 0 unspecified atom stereocenters. The van der Waals surface area contributed by atoms with Gasteiger partial charge in [-0.2, -0.15) is 0 Å². The van der Waals surface area contributed by atoms with E-state index in [1.807, 2.05) is 45.9 Å². The van der Waals surface area contributed by atoms with E-state index >= 15 is 0 Å². The molecule has 0 saturated heterocycles. The van der Waals surface area contributed by atoms with E-state index in [1.165, 1.54) is 22.3 Å². The average Bonchev–Trinajstić information content (AvgIpc) is 2.38. The summed E-state index contributed by atoms with van der Waals surface area (Å²) in [6.07, 6.45) is 7.81. The minimum Gasteiger partial charge on any atom is -0.0991 e. The van der Waals surface area contributed by atoms with Gasteiger partial charge in [-0.05, 0) is 45.7 Å². The summed E-state index contributed by atoms with van der Waals surface area (Å²) in [5.41, 5.74) is 5.34. The predicted molar refractivity (Wildman–Crippen MR) is 90.8 cm³/mol. The molecule has 0 spiro atoms. The first-order valence-electron chi connectivity index (χ1n) is 6.97. The van der Waals surface area contributed by atoms with Gasteiger partial charge in [0, 0.05) is 0 Å². The fourth-order valence-corrected chi connectivity index (χ4v) is 1.40. The van der Waals surface area contributed by atoms with Crippen LogP contribution >= 0.6 is 0 Å². The van der Waals surface area contributed by atoms with Gasteiger partial charge in [0.05, 0.1) is 0 Å². The normalized spacial score (nSPS) is 10.2. The van der Waals surface area contributed by atoms with Crippen molar-refractivity contribution in [2.45, 2.75) is 48.5 Å². The second-order valence-corrected chi connectivity index (χ2v) is 4.23. The average molecular weight is 258 g/mol. The Hall–Kier alpha value is -1.56. The van der Waals surface area contributed by atoms with Crippen molar-refractivity contribution < 1.29 is 0 Å². The summed E-state index contributed by atoms with van der Waals surface area (Å²) in [7, 11) is 0. The lowest BCUT2D eigenvalue weighted by Gasteiger charge is -1.98. The molecule has 0 N–H and O–H groups in total. The highest BCUT2D eigenvalue weighted by Gasteiger charge is 1.89. The van der Waals surface area contributed by atoms with E-state index < -0.39 is 0 Å². The van der Waals surface area contributed by atoms with Crippen LogP contribution in [0.25, 0.3) is 0 Å². The van der Waals surface area contributed by atoms with Gasteiger partial charge in [0.2, 0.25) is 0 Å². The van der Waals surface area contributed by atoms with Crippen molar-refractivity contribution in [1.82, 2.24) is 0 Å². The summed E-state index contributed by atoms with van der Waals surface area (Å²) in [4.78, 5) is 0. The number of hydrogen-bond acceptors (Lipinski definition) is 0. The van der Waals surface area contributed by atoms with Crippen LogP contribution in [0.15, 0.2) is 54.7 Å². The Morgan fingerprint density at radius 2 is 1.63 bits per heavy atom. The van der Waals surface area contributed by atoms with Crippen LogP contribution in [0.1, 0.15) is 44.4 Å². The molecule has 0 amide bonds. The number of aryl methyl sites for hydroxylation is 3. The van der Waals surface area contributed by atoms with Crippen molar-refractivity contribution in [1.29, 1.82) is 0 Å². The highest BCUT2D eigenvalue weighted by molar-refractivity contribution is 5.28. The Morgan fingerprint density at radius 3 is 2.00 bits per heavy atom. The fourth-order valence-electron chi connectivity index (χ4n) is 1.40. The minimum atomic E-state index is 1.24. The molecule has 0 bridgehead atoms. The Kier molecular flexibility index (Phi) is 13.4. The van der Waals surface area contributed by atoms with Crippen molar-refractivity contribution in [3.8, 4) is 0 Å². The molecule has 0 atom stereocenters. The SMILES string of the molecule is C=C/C=C(C)\C=C/C.CC.Cc1ccc(C)c(C)c1. The number of benzene rings is 1.